The lowest BCUT2D eigenvalue weighted by Crippen LogP contribution is -2.00. The van der Waals surface area contributed by atoms with Gasteiger partial charge in [0.2, 0.25) is 0 Å². The van der Waals surface area contributed by atoms with Crippen molar-refractivity contribution in [2.45, 2.75) is 18.9 Å². The Morgan fingerprint density at radius 1 is 0.889 bits per heavy atom. The van der Waals surface area contributed by atoms with Crippen LogP contribution in [-0.4, -0.2) is 16.8 Å². The van der Waals surface area contributed by atoms with Crippen molar-refractivity contribution in [1.82, 2.24) is 0 Å². The first-order chi connectivity index (χ1) is 8.81. The summed E-state index contributed by atoms with van der Waals surface area (Å²) >= 11 is 0. The van der Waals surface area contributed by atoms with Crippen LogP contribution >= 0.6 is 0 Å². The van der Waals surface area contributed by atoms with Crippen LogP contribution in [-0.2, 0) is 6.42 Å². The zero-order valence-corrected chi connectivity index (χ0v) is 10.3. The zero-order chi connectivity index (χ0) is 12.8. The summed E-state index contributed by atoms with van der Waals surface area (Å²) in [5.74, 6) is 0. The average molecular weight is 242 g/mol. The lowest BCUT2D eigenvalue weighted by Gasteiger charge is -2.12. The summed E-state index contributed by atoms with van der Waals surface area (Å²) in [4.78, 5) is 0. The van der Waals surface area contributed by atoms with Crippen molar-refractivity contribution >= 4 is 0 Å². The van der Waals surface area contributed by atoms with E-state index in [0.717, 1.165) is 29.5 Å². The van der Waals surface area contributed by atoms with Crippen LogP contribution in [0.15, 0.2) is 54.6 Å². The molecule has 0 saturated carbocycles. The van der Waals surface area contributed by atoms with Gasteiger partial charge in [0, 0.05) is 6.61 Å². The Balaban J connectivity index is 2.17. The molecular weight excluding hydrogens is 224 g/mol. The van der Waals surface area contributed by atoms with Gasteiger partial charge >= 0.3 is 0 Å². The SMILES string of the molecule is OCCCc1cccc(C(O)c2ccccc2)c1. The van der Waals surface area contributed by atoms with E-state index in [2.05, 4.69) is 0 Å². The fourth-order valence-electron chi connectivity index (χ4n) is 2.03. The molecule has 0 fully saturated rings. The second-order valence-corrected chi connectivity index (χ2v) is 4.39. The quantitative estimate of drug-likeness (QED) is 0.846. The Bertz CT molecular complexity index is 479. The molecule has 18 heavy (non-hydrogen) atoms. The highest BCUT2D eigenvalue weighted by Crippen LogP contribution is 2.22. The number of hydrogen-bond donors (Lipinski definition) is 2. The number of rotatable bonds is 5. The minimum Gasteiger partial charge on any atom is -0.396 e. The van der Waals surface area contributed by atoms with Crippen LogP contribution in [0, 0.1) is 0 Å². The number of aryl methyl sites for hydroxylation is 1. The van der Waals surface area contributed by atoms with Crippen LogP contribution in [0.3, 0.4) is 0 Å². The lowest BCUT2D eigenvalue weighted by molar-refractivity contribution is 0.220. The van der Waals surface area contributed by atoms with E-state index in [4.69, 9.17) is 5.11 Å². The van der Waals surface area contributed by atoms with Crippen molar-refractivity contribution in [3.63, 3.8) is 0 Å². The summed E-state index contributed by atoms with van der Waals surface area (Å²) in [7, 11) is 0. The smallest absolute Gasteiger partial charge is 0.104 e. The Morgan fingerprint density at radius 2 is 1.61 bits per heavy atom. The van der Waals surface area contributed by atoms with Crippen LogP contribution in [0.4, 0.5) is 0 Å². The summed E-state index contributed by atoms with van der Waals surface area (Å²) in [5.41, 5.74) is 2.95. The minimum absolute atomic E-state index is 0.200. The summed E-state index contributed by atoms with van der Waals surface area (Å²) in [6.45, 7) is 0.200. The van der Waals surface area contributed by atoms with E-state index >= 15 is 0 Å². The van der Waals surface area contributed by atoms with Gasteiger partial charge in [-0.15, -0.1) is 0 Å². The van der Waals surface area contributed by atoms with Crippen molar-refractivity contribution in [2.75, 3.05) is 6.61 Å². The first kappa shape index (κ1) is 12.8. The van der Waals surface area contributed by atoms with Gasteiger partial charge in [-0.2, -0.15) is 0 Å². The van der Waals surface area contributed by atoms with Crippen molar-refractivity contribution in [2.24, 2.45) is 0 Å². The van der Waals surface area contributed by atoms with E-state index in [1.54, 1.807) is 0 Å². The molecule has 1 unspecified atom stereocenters. The monoisotopic (exact) mass is 242 g/mol. The first-order valence-electron chi connectivity index (χ1n) is 6.24. The molecule has 0 aliphatic heterocycles. The maximum absolute atomic E-state index is 10.3. The second kappa shape index (κ2) is 6.34. The van der Waals surface area contributed by atoms with Gasteiger partial charge in [-0.25, -0.2) is 0 Å². The fraction of sp³-hybridized carbons (Fsp3) is 0.250. The standard InChI is InChI=1S/C16H18O2/c17-11-5-7-13-6-4-10-15(12-13)16(18)14-8-2-1-3-9-14/h1-4,6,8-10,12,16-18H,5,7,11H2. The van der Waals surface area contributed by atoms with Crippen molar-refractivity contribution in [1.29, 1.82) is 0 Å². The van der Waals surface area contributed by atoms with Crippen LogP contribution < -0.4 is 0 Å². The van der Waals surface area contributed by atoms with Gasteiger partial charge < -0.3 is 10.2 Å². The molecule has 0 bridgehead atoms. The Labute approximate surface area is 108 Å². The van der Waals surface area contributed by atoms with Gasteiger partial charge in [0.05, 0.1) is 0 Å². The number of benzene rings is 2. The third-order valence-electron chi connectivity index (χ3n) is 3.01. The second-order valence-electron chi connectivity index (χ2n) is 4.39. The highest BCUT2D eigenvalue weighted by molar-refractivity contribution is 5.32. The highest BCUT2D eigenvalue weighted by atomic mass is 16.3. The number of hydrogen-bond acceptors (Lipinski definition) is 2. The molecule has 2 rings (SSSR count). The first-order valence-corrected chi connectivity index (χ1v) is 6.24. The molecule has 2 nitrogen and oxygen atoms in total. The molecular formula is C16H18O2. The summed E-state index contributed by atoms with van der Waals surface area (Å²) in [6, 6.07) is 17.5. The van der Waals surface area contributed by atoms with E-state index in [0.29, 0.717) is 0 Å². The molecule has 0 amide bonds. The molecule has 0 spiro atoms. The normalized spacial score (nSPS) is 12.3. The van der Waals surface area contributed by atoms with Gasteiger partial charge in [0.25, 0.3) is 0 Å². The van der Waals surface area contributed by atoms with Gasteiger partial charge in [-0.1, -0.05) is 54.6 Å². The molecule has 94 valence electrons. The van der Waals surface area contributed by atoms with Gasteiger partial charge in [-0.3, -0.25) is 0 Å². The molecule has 2 aromatic carbocycles. The van der Waals surface area contributed by atoms with E-state index < -0.39 is 6.10 Å². The predicted octanol–water partition coefficient (Wildman–Crippen LogP) is 2.69. The molecule has 2 heteroatoms. The van der Waals surface area contributed by atoms with Crippen molar-refractivity contribution < 1.29 is 10.2 Å². The van der Waals surface area contributed by atoms with Gasteiger partial charge in [-0.05, 0) is 29.5 Å². The number of aliphatic hydroxyl groups excluding tert-OH is 2. The van der Waals surface area contributed by atoms with Gasteiger partial charge in [0.15, 0.2) is 0 Å². The average Bonchev–Trinajstić information content (AvgIpc) is 2.45. The van der Waals surface area contributed by atoms with Crippen LogP contribution in [0.5, 0.6) is 0 Å². The van der Waals surface area contributed by atoms with E-state index in [-0.39, 0.29) is 6.61 Å². The zero-order valence-electron chi connectivity index (χ0n) is 10.3. The van der Waals surface area contributed by atoms with Crippen LogP contribution in [0.25, 0.3) is 0 Å². The van der Waals surface area contributed by atoms with E-state index in [1.165, 1.54) is 0 Å². The Hall–Kier alpha value is -1.64. The molecule has 2 aromatic rings. The van der Waals surface area contributed by atoms with Crippen LogP contribution in [0.2, 0.25) is 0 Å². The molecule has 0 aliphatic rings. The molecule has 0 heterocycles. The van der Waals surface area contributed by atoms with Crippen molar-refractivity contribution in [3.05, 3.63) is 71.3 Å². The summed E-state index contributed by atoms with van der Waals surface area (Å²) in [6.07, 6.45) is 1.01. The maximum Gasteiger partial charge on any atom is 0.104 e. The highest BCUT2D eigenvalue weighted by Gasteiger charge is 2.09. The summed E-state index contributed by atoms with van der Waals surface area (Å²) < 4.78 is 0. The number of aliphatic hydroxyl groups is 2. The lowest BCUT2D eigenvalue weighted by atomic mass is 9.98. The fourth-order valence-corrected chi connectivity index (χ4v) is 2.03. The van der Waals surface area contributed by atoms with Crippen molar-refractivity contribution in [3.8, 4) is 0 Å². The van der Waals surface area contributed by atoms with Gasteiger partial charge in [0.1, 0.15) is 6.10 Å². The molecule has 0 aromatic heterocycles. The van der Waals surface area contributed by atoms with Crippen LogP contribution in [0.1, 0.15) is 29.2 Å². The Morgan fingerprint density at radius 3 is 2.33 bits per heavy atom. The summed E-state index contributed by atoms with van der Waals surface area (Å²) in [5, 5.41) is 19.1. The molecule has 2 N–H and O–H groups in total. The molecule has 0 radical (unpaired) electrons. The molecule has 0 saturated heterocycles. The van der Waals surface area contributed by atoms with E-state index in [9.17, 15) is 5.11 Å². The third-order valence-corrected chi connectivity index (χ3v) is 3.01. The molecule has 0 aliphatic carbocycles. The largest absolute Gasteiger partial charge is 0.396 e. The Kier molecular flexibility index (Phi) is 4.51. The van der Waals surface area contributed by atoms with E-state index in [1.807, 2.05) is 54.6 Å². The molecule has 1 atom stereocenters. The third kappa shape index (κ3) is 3.19. The maximum atomic E-state index is 10.3. The predicted molar refractivity (Wildman–Crippen MR) is 72.4 cm³/mol. The minimum atomic E-state index is -0.583. The topological polar surface area (TPSA) is 40.5 Å².